The van der Waals surface area contributed by atoms with Crippen molar-refractivity contribution < 1.29 is 18.7 Å². The molecule has 38 heavy (non-hydrogen) atoms. The van der Waals surface area contributed by atoms with Crippen LogP contribution in [0.5, 0.6) is 5.75 Å². The summed E-state index contributed by atoms with van der Waals surface area (Å²) in [4.78, 5) is 24.7. The fraction of sp³-hybridized carbons (Fsp3) is 0.286. The number of benzene rings is 2. The fourth-order valence-electron chi connectivity index (χ4n) is 4.05. The predicted octanol–water partition coefficient (Wildman–Crippen LogP) is 4.95. The molecule has 0 radical (unpaired) electrons. The lowest BCUT2D eigenvalue weighted by molar-refractivity contribution is -0.116. The van der Waals surface area contributed by atoms with E-state index >= 15 is 0 Å². The van der Waals surface area contributed by atoms with Gasteiger partial charge in [0, 0.05) is 19.2 Å². The van der Waals surface area contributed by atoms with Gasteiger partial charge in [0.2, 0.25) is 16.9 Å². The number of carbonyl (C=O) groups is 2. The number of halogens is 1. The van der Waals surface area contributed by atoms with E-state index in [1.54, 1.807) is 6.07 Å². The van der Waals surface area contributed by atoms with Crippen LogP contribution in [0.4, 0.5) is 15.3 Å². The Morgan fingerprint density at radius 3 is 2.45 bits per heavy atom. The van der Waals surface area contributed by atoms with E-state index < -0.39 is 5.82 Å². The number of ether oxygens (including phenoxy) is 1. The van der Waals surface area contributed by atoms with E-state index in [4.69, 9.17) is 4.74 Å². The first-order valence-corrected chi connectivity index (χ1v) is 13.2. The lowest BCUT2D eigenvalue weighted by atomic mass is 10.1. The smallest absolute Gasteiger partial charge is 0.230 e. The van der Waals surface area contributed by atoms with Gasteiger partial charge in [0.1, 0.15) is 10.8 Å². The molecule has 0 saturated heterocycles. The highest BCUT2D eigenvalue weighted by Gasteiger charge is 2.12. The molecule has 0 spiro atoms. The van der Waals surface area contributed by atoms with Crippen molar-refractivity contribution in [3.63, 3.8) is 0 Å². The maximum atomic E-state index is 13.6. The predicted molar refractivity (Wildman–Crippen MR) is 146 cm³/mol. The molecule has 0 aliphatic rings. The fourth-order valence-corrected chi connectivity index (χ4v) is 4.85. The van der Waals surface area contributed by atoms with Gasteiger partial charge in [0.25, 0.3) is 0 Å². The maximum absolute atomic E-state index is 13.6. The summed E-state index contributed by atoms with van der Waals surface area (Å²) in [5.74, 6) is 0.123. The van der Waals surface area contributed by atoms with Gasteiger partial charge in [-0.1, -0.05) is 47.7 Å². The van der Waals surface area contributed by atoms with Crippen LogP contribution in [0, 0.1) is 5.82 Å². The normalized spacial score (nSPS) is 10.8. The van der Waals surface area contributed by atoms with E-state index in [0.29, 0.717) is 17.1 Å². The van der Waals surface area contributed by atoms with E-state index in [0.717, 1.165) is 47.8 Å². The van der Waals surface area contributed by atoms with E-state index in [1.807, 2.05) is 54.1 Å². The molecule has 0 atom stereocenters. The molecule has 0 fully saturated rings. The van der Waals surface area contributed by atoms with Gasteiger partial charge in [0.15, 0.2) is 11.6 Å². The van der Waals surface area contributed by atoms with Gasteiger partial charge in [-0.25, -0.2) is 4.39 Å². The Labute approximate surface area is 224 Å². The molecule has 8 nitrogen and oxygen atoms in total. The van der Waals surface area contributed by atoms with Crippen molar-refractivity contribution in [3.05, 3.63) is 88.3 Å². The Morgan fingerprint density at radius 2 is 1.66 bits per heavy atom. The van der Waals surface area contributed by atoms with Gasteiger partial charge in [-0.15, -0.1) is 10.2 Å². The first kappa shape index (κ1) is 27.0. The molecule has 0 aliphatic carbocycles. The van der Waals surface area contributed by atoms with Gasteiger partial charge in [-0.05, 0) is 54.7 Å². The number of aryl methyl sites for hydroxylation is 2. The zero-order chi connectivity index (χ0) is 26.9. The van der Waals surface area contributed by atoms with Crippen molar-refractivity contribution in [2.24, 2.45) is 7.05 Å². The number of methoxy groups -OCH3 is 1. The second-order valence-electron chi connectivity index (χ2n) is 8.88. The number of hydrogen-bond acceptors (Lipinski definition) is 6. The quantitative estimate of drug-likeness (QED) is 0.250. The number of rotatable bonds is 12. The second kappa shape index (κ2) is 13.0. The van der Waals surface area contributed by atoms with E-state index in [2.05, 4.69) is 20.8 Å². The van der Waals surface area contributed by atoms with Crippen LogP contribution in [-0.2, 0) is 42.3 Å². The van der Waals surface area contributed by atoms with Crippen molar-refractivity contribution in [2.45, 2.75) is 38.5 Å². The third-order valence-electron chi connectivity index (χ3n) is 6.07. The number of aromatic nitrogens is 3. The van der Waals surface area contributed by atoms with E-state index in [1.165, 1.54) is 30.6 Å². The van der Waals surface area contributed by atoms with Gasteiger partial charge in [0.05, 0.1) is 20.0 Å². The van der Waals surface area contributed by atoms with Gasteiger partial charge < -0.3 is 19.9 Å². The van der Waals surface area contributed by atoms with E-state index in [-0.39, 0.29) is 24.0 Å². The second-order valence-corrected chi connectivity index (χ2v) is 9.94. The average Bonchev–Trinajstić information content (AvgIpc) is 3.49. The van der Waals surface area contributed by atoms with Crippen LogP contribution in [0.1, 0.15) is 34.7 Å². The third kappa shape index (κ3) is 7.48. The van der Waals surface area contributed by atoms with Crippen molar-refractivity contribution in [3.8, 4) is 5.75 Å². The summed E-state index contributed by atoms with van der Waals surface area (Å²) in [6.45, 7) is 0. The molecule has 2 aromatic carbocycles. The molecule has 198 valence electrons. The number of nitrogens with one attached hydrogen (secondary N) is 2. The lowest BCUT2D eigenvalue weighted by Gasteiger charge is -2.09. The summed E-state index contributed by atoms with van der Waals surface area (Å²) in [7, 11) is 3.34. The molecular formula is C28H30FN5O3S. The Bertz CT molecular complexity index is 1390. The highest BCUT2D eigenvalue weighted by atomic mass is 32.1. The minimum atomic E-state index is -0.469. The molecule has 10 heteroatoms. The molecule has 2 heterocycles. The zero-order valence-corrected chi connectivity index (χ0v) is 22.2. The van der Waals surface area contributed by atoms with Gasteiger partial charge >= 0.3 is 0 Å². The molecule has 2 N–H and O–H groups in total. The number of carbonyl (C=O) groups excluding carboxylic acids is 2. The summed E-state index contributed by atoms with van der Waals surface area (Å²) in [5.41, 5.74) is 2.76. The van der Waals surface area contributed by atoms with Crippen molar-refractivity contribution >= 4 is 34.1 Å². The molecule has 0 bridgehead atoms. The van der Waals surface area contributed by atoms with Crippen molar-refractivity contribution in [1.82, 2.24) is 14.8 Å². The van der Waals surface area contributed by atoms with Crippen LogP contribution in [-0.4, -0.2) is 33.7 Å². The summed E-state index contributed by atoms with van der Waals surface area (Å²) in [5, 5.41) is 15.3. The minimum absolute atomic E-state index is 0.0412. The van der Waals surface area contributed by atoms with Crippen LogP contribution in [0.25, 0.3) is 0 Å². The first-order valence-electron chi connectivity index (χ1n) is 12.3. The van der Waals surface area contributed by atoms with Crippen LogP contribution in [0.15, 0.2) is 60.7 Å². The summed E-state index contributed by atoms with van der Waals surface area (Å²) in [6.07, 6.45) is 3.91. The summed E-state index contributed by atoms with van der Waals surface area (Å²) < 4.78 is 20.5. The monoisotopic (exact) mass is 535 g/mol. The maximum Gasteiger partial charge on any atom is 0.230 e. The molecule has 4 aromatic rings. The van der Waals surface area contributed by atoms with Crippen LogP contribution < -0.4 is 15.4 Å². The van der Waals surface area contributed by atoms with Gasteiger partial charge in [-0.3, -0.25) is 9.59 Å². The molecule has 0 saturated carbocycles. The molecule has 4 rings (SSSR count). The Hall–Kier alpha value is -4.05. The standard InChI is InChI=1S/C28H30FN5O3S/c1-34-21(13-15-24(34)30-25(35)17-19-8-4-3-5-9-19)10-6-7-11-27-32-33-28(38-27)31-26(36)18-20-12-14-22(29)23(16-20)37-2/h3-5,8-9,12-16H,6-7,10-11,17-18H2,1-2H3,(H,30,35)(H,31,33,36). The van der Waals surface area contributed by atoms with Crippen molar-refractivity contribution in [2.75, 3.05) is 17.7 Å². The zero-order valence-electron chi connectivity index (χ0n) is 21.4. The lowest BCUT2D eigenvalue weighted by Crippen LogP contribution is -2.16. The average molecular weight is 536 g/mol. The molecule has 2 amide bonds. The molecular weight excluding hydrogens is 505 g/mol. The molecule has 0 aliphatic heterocycles. The Balaban J connectivity index is 1.19. The largest absolute Gasteiger partial charge is 0.494 e. The molecule has 2 aromatic heterocycles. The first-order chi connectivity index (χ1) is 18.4. The van der Waals surface area contributed by atoms with E-state index in [9.17, 15) is 14.0 Å². The topological polar surface area (TPSA) is 98.1 Å². The number of nitrogens with zero attached hydrogens (tertiary/aromatic N) is 3. The minimum Gasteiger partial charge on any atom is -0.494 e. The van der Waals surface area contributed by atoms with Gasteiger partial charge in [-0.2, -0.15) is 0 Å². The SMILES string of the molecule is COc1cc(CC(=O)Nc2nnc(CCCCc3ccc(NC(=O)Cc4ccccc4)n3C)s2)ccc1F. The molecule has 0 unspecified atom stereocenters. The number of anilines is 2. The number of amides is 2. The summed E-state index contributed by atoms with van der Waals surface area (Å²) in [6, 6.07) is 18.0. The number of unbranched alkanes of at least 4 members (excludes halogenated alkanes) is 1. The Morgan fingerprint density at radius 1 is 0.921 bits per heavy atom. The Kier molecular flexibility index (Phi) is 9.21. The highest BCUT2D eigenvalue weighted by Crippen LogP contribution is 2.21. The third-order valence-corrected chi connectivity index (χ3v) is 6.97. The van der Waals surface area contributed by atoms with Crippen LogP contribution >= 0.6 is 11.3 Å². The van der Waals surface area contributed by atoms with Crippen molar-refractivity contribution in [1.29, 1.82) is 0 Å². The van der Waals surface area contributed by atoms with Crippen LogP contribution in [0.2, 0.25) is 0 Å². The number of hydrogen-bond donors (Lipinski definition) is 2. The summed E-state index contributed by atoms with van der Waals surface area (Å²) >= 11 is 1.35. The highest BCUT2D eigenvalue weighted by molar-refractivity contribution is 7.15. The van der Waals surface area contributed by atoms with Crippen LogP contribution in [0.3, 0.4) is 0 Å².